The van der Waals surface area contributed by atoms with E-state index in [1.165, 1.54) is 18.2 Å². The first-order chi connectivity index (χ1) is 6.27. The molecule has 0 atom stereocenters. The van der Waals surface area contributed by atoms with Gasteiger partial charge in [0.1, 0.15) is 5.82 Å². The molecule has 13 heavy (non-hydrogen) atoms. The number of rotatable bonds is 3. The van der Waals surface area contributed by atoms with Gasteiger partial charge in [-0.05, 0) is 17.7 Å². The molecule has 0 fully saturated rings. The van der Waals surface area contributed by atoms with Crippen molar-refractivity contribution in [2.24, 2.45) is 0 Å². The zero-order chi connectivity index (χ0) is 9.68. The second kappa shape index (κ2) is 4.52. The molecule has 0 aliphatic rings. The number of aldehydes is 1. The average molecular weight is 180 g/mol. The second-order valence-electron chi connectivity index (χ2n) is 2.48. The van der Waals surface area contributed by atoms with Gasteiger partial charge in [0, 0.05) is 0 Å². The lowest BCUT2D eigenvalue weighted by molar-refractivity contribution is 0.112. The van der Waals surface area contributed by atoms with Crippen LogP contribution in [0.25, 0.3) is 6.08 Å². The molecule has 1 aromatic carbocycles. The monoisotopic (exact) mass is 180 g/mol. The number of hydrogen-bond acceptors (Lipinski definition) is 2. The van der Waals surface area contributed by atoms with Crippen LogP contribution in [-0.4, -0.2) is 18.0 Å². The Labute approximate surface area is 75.3 Å². The molecule has 0 spiro atoms. The van der Waals surface area contributed by atoms with Crippen LogP contribution >= 0.6 is 0 Å². The van der Waals surface area contributed by atoms with Crippen molar-refractivity contribution in [1.82, 2.24) is 0 Å². The summed E-state index contributed by atoms with van der Waals surface area (Å²) in [6, 6.07) is 4.26. The van der Waals surface area contributed by atoms with Crippen LogP contribution in [-0.2, 0) is 0 Å². The first-order valence-electron chi connectivity index (χ1n) is 3.80. The van der Waals surface area contributed by atoms with E-state index in [0.29, 0.717) is 11.8 Å². The van der Waals surface area contributed by atoms with Gasteiger partial charge in [-0.1, -0.05) is 18.2 Å². The summed E-state index contributed by atoms with van der Waals surface area (Å²) >= 11 is 0. The van der Waals surface area contributed by atoms with E-state index in [9.17, 15) is 9.18 Å². The molecule has 0 heterocycles. The Morgan fingerprint density at radius 2 is 2.23 bits per heavy atom. The molecule has 0 saturated carbocycles. The lowest BCUT2D eigenvalue weighted by Crippen LogP contribution is -1.87. The number of hydrogen-bond donors (Lipinski definition) is 1. The van der Waals surface area contributed by atoms with Crippen LogP contribution in [0.2, 0.25) is 0 Å². The van der Waals surface area contributed by atoms with Gasteiger partial charge in [0.05, 0.1) is 12.2 Å². The molecule has 0 bridgehead atoms. The highest BCUT2D eigenvalue weighted by Crippen LogP contribution is 2.09. The highest BCUT2D eigenvalue weighted by atomic mass is 19.1. The van der Waals surface area contributed by atoms with Crippen LogP contribution in [0.4, 0.5) is 4.39 Å². The number of carbonyl (C=O) groups excluding carboxylic acids is 1. The van der Waals surface area contributed by atoms with Gasteiger partial charge < -0.3 is 5.11 Å². The smallest absolute Gasteiger partial charge is 0.152 e. The van der Waals surface area contributed by atoms with E-state index in [1.54, 1.807) is 12.1 Å². The van der Waals surface area contributed by atoms with Crippen molar-refractivity contribution in [3.63, 3.8) is 0 Å². The van der Waals surface area contributed by atoms with Crippen LogP contribution in [0.5, 0.6) is 0 Å². The number of aliphatic hydroxyl groups excluding tert-OH is 1. The predicted molar refractivity (Wildman–Crippen MR) is 47.9 cm³/mol. The molecule has 0 unspecified atom stereocenters. The van der Waals surface area contributed by atoms with Gasteiger partial charge in [0.15, 0.2) is 6.29 Å². The van der Waals surface area contributed by atoms with E-state index >= 15 is 0 Å². The molecule has 0 amide bonds. The molecule has 2 nitrogen and oxygen atoms in total. The SMILES string of the molecule is O=Cc1ccc(C=CCO)cc1F. The lowest BCUT2D eigenvalue weighted by Gasteiger charge is -1.96. The van der Waals surface area contributed by atoms with Crippen LogP contribution in [0, 0.1) is 5.82 Å². The maximum atomic E-state index is 13.0. The fraction of sp³-hybridized carbons (Fsp3) is 0.100. The minimum atomic E-state index is -0.546. The molecule has 0 saturated heterocycles. The molecule has 0 radical (unpaired) electrons. The summed E-state index contributed by atoms with van der Waals surface area (Å²) < 4.78 is 13.0. The Hall–Kier alpha value is -1.48. The van der Waals surface area contributed by atoms with Gasteiger partial charge in [-0.2, -0.15) is 0 Å². The number of aliphatic hydroxyl groups is 1. The first-order valence-corrected chi connectivity index (χ1v) is 3.80. The summed E-state index contributed by atoms with van der Waals surface area (Å²) in [5, 5.41) is 8.46. The van der Waals surface area contributed by atoms with Crippen molar-refractivity contribution in [3.8, 4) is 0 Å². The Morgan fingerprint density at radius 1 is 1.46 bits per heavy atom. The van der Waals surface area contributed by atoms with E-state index in [2.05, 4.69) is 0 Å². The summed E-state index contributed by atoms with van der Waals surface area (Å²) in [6.45, 7) is -0.0863. The third kappa shape index (κ3) is 2.49. The Balaban J connectivity index is 2.95. The molecule has 1 aromatic rings. The minimum Gasteiger partial charge on any atom is -0.392 e. The molecule has 1 N–H and O–H groups in total. The quantitative estimate of drug-likeness (QED) is 0.718. The van der Waals surface area contributed by atoms with Crippen molar-refractivity contribution < 1.29 is 14.3 Å². The van der Waals surface area contributed by atoms with Crippen molar-refractivity contribution in [1.29, 1.82) is 0 Å². The Kier molecular flexibility index (Phi) is 3.34. The lowest BCUT2D eigenvalue weighted by atomic mass is 10.1. The van der Waals surface area contributed by atoms with Gasteiger partial charge in [-0.15, -0.1) is 0 Å². The van der Waals surface area contributed by atoms with Gasteiger partial charge in [0.2, 0.25) is 0 Å². The van der Waals surface area contributed by atoms with Gasteiger partial charge in [0.25, 0.3) is 0 Å². The van der Waals surface area contributed by atoms with E-state index in [1.807, 2.05) is 0 Å². The highest BCUT2D eigenvalue weighted by Gasteiger charge is 1.99. The third-order valence-electron chi connectivity index (χ3n) is 1.57. The summed E-state index contributed by atoms with van der Waals surface area (Å²) in [5.41, 5.74) is 0.665. The molecular weight excluding hydrogens is 171 g/mol. The van der Waals surface area contributed by atoms with Crippen molar-refractivity contribution >= 4 is 12.4 Å². The van der Waals surface area contributed by atoms with E-state index in [0.717, 1.165) is 0 Å². The molecule has 1 rings (SSSR count). The number of benzene rings is 1. The Morgan fingerprint density at radius 3 is 2.77 bits per heavy atom. The molecule has 0 aliphatic carbocycles. The zero-order valence-electron chi connectivity index (χ0n) is 6.90. The molecule has 0 aliphatic heterocycles. The van der Waals surface area contributed by atoms with Crippen LogP contribution < -0.4 is 0 Å². The van der Waals surface area contributed by atoms with Gasteiger partial charge in [-0.3, -0.25) is 4.79 Å². The van der Waals surface area contributed by atoms with Crippen LogP contribution in [0.15, 0.2) is 24.3 Å². The normalized spacial score (nSPS) is 10.6. The van der Waals surface area contributed by atoms with E-state index in [4.69, 9.17) is 5.11 Å². The standard InChI is InChI=1S/C10H9FO2/c11-10-6-8(2-1-5-12)3-4-9(10)7-13/h1-4,6-7,12H,5H2. The summed E-state index contributed by atoms with van der Waals surface area (Å²) in [5.74, 6) is -0.546. The largest absolute Gasteiger partial charge is 0.392 e. The second-order valence-corrected chi connectivity index (χ2v) is 2.48. The topological polar surface area (TPSA) is 37.3 Å². The number of carbonyl (C=O) groups is 1. The summed E-state index contributed by atoms with van der Waals surface area (Å²) in [4.78, 5) is 10.3. The van der Waals surface area contributed by atoms with E-state index < -0.39 is 5.82 Å². The van der Waals surface area contributed by atoms with Gasteiger partial charge >= 0.3 is 0 Å². The van der Waals surface area contributed by atoms with E-state index in [-0.39, 0.29) is 12.2 Å². The fourth-order valence-electron chi connectivity index (χ4n) is 0.931. The minimum absolute atomic E-state index is 0.0427. The average Bonchev–Trinajstić information content (AvgIpc) is 2.15. The molecule has 0 aromatic heterocycles. The molecule has 68 valence electrons. The summed E-state index contributed by atoms with van der Waals surface area (Å²) in [7, 11) is 0. The molecule has 3 heteroatoms. The predicted octanol–water partition coefficient (Wildman–Crippen LogP) is 1.64. The maximum absolute atomic E-state index is 13.0. The maximum Gasteiger partial charge on any atom is 0.152 e. The Bertz CT molecular complexity index is 332. The van der Waals surface area contributed by atoms with Crippen LogP contribution in [0.1, 0.15) is 15.9 Å². The van der Waals surface area contributed by atoms with Gasteiger partial charge in [-0.25, -0.2) is 4.39 Å². The van der Waals surface area contributed by atoms with Crippen molar-refractivity contribution in [2.75, 3.05) is 6.61 Å². The highest BCUT2D eigenvalue weighted by molar-refractivity contribution is 5.75. The van der Waals surface area contributed by atoms with Crippen molar-refractivity contribution in [3.05, 3.63) is 41.2 Å². The fourth-order valence-corrected chi connectivity index (χ4v) is 0.931. The third-order valence-corrected chi connectivity index (χ3v) is 1.57. The first kappa shape index (κ1) is 9.61. The van der Waals surface area contributed by atoms with Crippen molar-refractivity contribution in [2.45, 2.75) is 0 Å². The summed E-state index contributed by atoms with van der Waals surface area (Å²) in [6.07, 6.45) is 3.54. The number of halogens is 1. The molecular formula is C10H9FO2. The van der Waals surface area contributed by atoms with Crippen LogP contribution in [0.3, 0.4) is 0 Å². The zero-order valence-corrected chi connectivity index (χ0v) is 6.90.